The number of hydrogen-bond acceptors (Lipinski definition) is 5. The number of nitrogens with one attached hydrogen (secondary N) is 1. The molecule has 1 amide bonds. The number of thioether (sulfide) groups is 1. The molecule has 0 fully saturated rings. The minimum absolute atomic E-state index is 0.304. The van der Waals surface area contributed by atoms with Crippen molar-refractivity contribution in [3.05, 3.63) is 96.1 Å². The van der Waals surface area contributed by atoms with Crippen LogP contribution >= 0.6 is 11.8 Å². The Morgan fingerprint density at radius 2 is 1.79 bits per heavy atom. The molecule has 29 heavy (non-hydrogen) atoms. The zero-order valence-corrected chi connectivity index (χ0v) is 16.0. The molecule has 1 N–H and O–H groups in total. The van der Waals surface area contributed by atoms with E-state index in [0.29, 0.717) is 22.8 Å². The van der Waals surface area contributed by atoms with Crippen LogP contribution in [0.25, 0.3) is 5.69 Å². The van der Waals surface area contributed by atoms with Gasteiger partial charge in [-0.05, 0) is 52.9 Å². The van der Waals surface area contributed by atoms with E-state index in [1.165, 1.54) is 23.9 Å². The third-order valence-corrected chi connectivity index (χ3v) is 5.18. The highest BCUT2D eigenvalue weighted by Gasteiger charge is 2.14. The Hall–Kier alpha value is -3.52. The van der Waals surface area contributed by atoms with Crippen molar-refractivity contribution in [3.8, 4) is 5.69 Å². The van der Waals surface area contributed by atoms with Crippen LogP contribution in [0, 0.1) is 5.82 Å². The molecule has 0 spiro atoms. The summed E-state index contributed by atoms with van der Waals surface area (Å²) in [6.07, 6.45) is 0. The smallest absolute Gasteiger partial charge is 0.256 e. The maximum atomic E-state index is 13.4. The van der Waals surface area contributed by atoms with Crippen molar-refractivity contribution < 1.29 is 9.18 Å². The van der Waals surface area contributed by atoms with E-state index in [-0.39, 0.29) is 5.91 Å². The number of hydrogen-bond donors (Lipinski definition) is 1. The van der Waals surface area contributed by atoms with Gasteiger partial charge in [0.15, 0.2) is 5.82 Å². The van der Waals surface area contributed by atoms with Gasteiger partial charge in [-0.15, -0.1) is 16.9 Å². The lowest BCUT2D eigenvalue weighted by atomic mass is 10.2. The Bertz CT molecular complexity index is 1130. The van der Waals surface area contributed by atoms with E-state index in [1.54, 1.807) is 28.9 Å². The SMILES string of the molecule is O=C(Nc1cccc(F)c1)c1ccccc1SCc1nnnn1-c1ccccc1. The monoisotopic (exact) mass is 405 g/mol. The zero-order valence-electron chi connectivity index (χ0n) is 15.2. The highest BCUT2D eigenvalue weighted by Crippen LogP contribution is 2.27. The largest absolute Gasteiger partial charge is 0.322 e. The van der Waals surface area contributed by atoms with Crippen LogP contribution in [0.4, 0.5) is 10.1 Å². The van der Waals surface area contributed by atoms with Gasteiger partial charge in [0, 0.05) is 10.6 Å². The second-order valence-electron chi connectivity index (χ2n) is 6.09. The first-order valence-electron chi connectivity index (χ1n) is 8.82. The maximum absolute atomic E-state index is 13.4. The lowest BCUT2D eigenvalue weighted by molar-refractivity contribution is 0.102. The molecule has 0 radical (unpaired) electrons. The van der Waals surface area contributed by atoms with Crippen LogP contribution in [0.3, 0.4) is 0 Å². The average Bonchev–Trinajstić information content (AvgIpc) is 3.22. The van der Waals surface area contributed by atoms with Gasteiger partial charge in [-0.2, -0.15) is 4.68 Å². The van der Waals surface area contributed by atoms with Crippen molar-refractivity contribution in [2.45, 2.75) is 10.6 Å². The van der Waals surface area contributed by atoms with E-state index in [0.717, 1.165) is 10.6 Å². The summed E-state index contributed by atoms with van der Waals surface area (Å²) in [4.78, 5) is 13.5. The van der Waals surface area contributed by atoms with Crippen molar-refractivity contribution in [2.24, 2.45) is 0 Å². The molecule has 0 unspecified atom stereocenters. The van der Waals surface area contributed by atoms with Crippen LogP contribution in [-0.4, -0.2) is 26.1 Å². The van der Waals surface area contributed by atoms with Crippen molar-refractivity contribution in [3.63, 3.8) is 0 Å². The predicted octanol–water partition coefficient (Wildman–Crippen LogP) is 4.35. The second-order valence-corrected chi connectivity index (χ2v) is 7.11. The summed E-state index contributed by atoms with van der Waals surface area (Å²) < 4.78 is 15.0. The number of tetrazole rings is 1. The number of carbonyl (C=O) groups is 1. The molecule has 0 aliphatic rings. The van der Waals surface area contributed by atoms with Gasteiger partial charge in [0.1, 0.15) is 5.82 Å². The molecule has 1 aromatic heterocycles. The Kier molecular flexibility index (Phi) is 5.62. The van der Waals surface area contributed by atoms with Crippen LogP contribution in [0.15, 0.2) is 83.8 Å². The molecule has 0 saturated heterocycles. The fourth-order valence-corrected chi connectivity index (χ4v) is 3.71. The van der Waals surface area contributed by atoms with Gasteiger partial charge in [0.2, 0.25) is 0 Å². The molecule has 4 aromatic rings. The number of benzene rings is 3. The number of amides is 1. The predicted molar refractivity (Wildman–Crippen MR) is 110 cm³/mol. The highest BCUT2D eigenvalue weighted by atomic mass is 32.2. The lowest BCUT2D eigenvalue weighted by Crippen LogP contribution is -2.13. The molecule has 0 atom stereocenters. The molecular formula is C21H16FN5OS. The van der Waals surface area contributed by atoms with Crippen molar-refractivity contribution in [2.75, 3.05) is 5.32 Å². The van der Waals surface area contributed by atoms with Gasteiger partial charge in [0.25, 0.3) is 5.91 Å². The number of rotatable bonds is 6. The Morgan fingerprint density at radius 3 is 2.62 bits per heavy atom. The molecule has 4 rings (SSSR count). The summed E-state index contributed by atoms with van der Waals surface area (Å²) >= 11 is 1.46. The number of aromatic nitrogens is 4. The van der Waals surface area contributed by atoms with E-state index in [2.05, 4.69) is 20.8 Å². The molecule has 3 aromatic carbocycles. The first-order valence-corrected chi connectivity index (χ1v) is 9.81. The van der Waals surface area contributed by atoms with E-state index < -0.39 is 5.82 Å². The normalized spacial score (nSPS) is 10.7. The van der Waals surface area contributed by atoms with Gasteiger partial charge in [0.05, 0.1) is 17.0 Å². The summed E-state index contributed by atoms with van der Waals surface area (Å²) in [5.41, 5.74) is 1.77. The average molecular weight is 405 g/mol. The fraction of sp³-hybridized carbons (Fsp3) is 0.0476. The van der Waals surface area contributed by atoms with Gasteiger partial charge >= 0.3 is 0 Å². The van der Waals surface area contributed by atoms with E-state index in [4.69, 9.17) is 0 Å². The number of nitrogens with zero attached hydrogens (tertiary/aromatic N) is 4. The van der Waals surface area contributed by atoms with Crippen LogP contribution < -0.4 is 5.32 Å². The topological polar surface area (TPSA) is 72.7 Å². The van der Waals surface area contributed by atoms with Crippen LogP contribution in [0.1, 0.15) is 16.2 Å². The number of halogens is 1. The first-order chi connectivity index (χ1) is 14.2. The van der Waals surface area contributed by atoms with Crippen molar-refractivity contribution in [1.29, 1.82) is 0 Å². The van der Waals surface area contributed by atoms with Gasteiger partial charge in [-0.1, -0.05) is 36.4 Å². The molecule has 144 valence electrons. The van der Waals surface area contributed by atoms with Crippen molar-refractivity contribution in [1.82, 2.24) is 20.2 Å². The Labute approximate surface area is 170 Å². The highest BCUT2D eigenvalue weighted by molar-refractivity contribution is 7.98. The summed E-state index contributed by atoms with van der Waals surface area (Å²) in [7, 11) is 0. The Balaban J connectivity index is 1.51. The third-order valence-electron chi connectivity index (χ3n) is 4.11. The molecule has 0 saturated carbocycles. The third kappa shape index (κ3) is 4.49. The van der Waals surface area contributed by atoms with Crippen molar-refractivity contribution >= 4 is 23.4 Å². The zero-order chi connectivity index (χ0) is 20.1. The lowest BCUT2D eigenvalue weighted by Gasteiger charge is -2.10. The van der Waals surface area contributed by atoms with E-state index in [9.17, 15) is 9.18 Å². The minimum Gasteiger partial charge on any atom is -0.322 e. The standard InChI is InChI=1S/C21H16FN5OS/c22-15-7-6-8-16(13-15)23-21(28)18-11-4-5-12-19(18)29-14-20-24-25-26-27(20)17-9-2-1-3-10-17/h1-13H,14H2,(H,23,28). The summed E-state index contributed by atoms with van der Waals surface area (Å²) in [6, 6.07) is 22.7. The molecule has 1 heterocycles. The van der Waals surface area contributed by atoms with E-state index >= 15 is 0 Å². The number of anilines is 1. The molecule has 0 bridgehead atoms. The summed E-state index contributed by atoms with van der Waals surface area (Å²) in [5.74, 6) is 0.438. The second kappa shape index (κ2) is 8.66. The van der Waals surface area contributed by atoms with Gasteiger partial charge in [-0.25, -0.2) is 4.39 Å². The minimum atomic E-state index is -0.404. The molecule has 0 aliphatic carbocycles. The summed E-state index contributed by atoms with van der Waals surface area (Å²) in [6.45, 7) is 0. The van der Waals surface area contributed by atoms with E-state index in [1.807, 2.05) is 42.5 Å². The molecule has 0 aliphatic heterocycles. The van der Waals surface area contributed by atoms with Crippen LogP contribution in [0.5, 0.6) is 0 Å². The number of para-hydroxylation sites is 1. The Morgan fingerprint density at radius 1 is 1.00 bits per heavy atom. The molecule has 6 nitrogen and oxygen atoms in total. The molecular weight excluding hydrogens is 389 g/mol. The van der Waals surface area contributed by atoms with Crippen LogP contribution in [-0.2, 0) is 5.75 Å². The maximum Gasteiger partial charge on any atom is 0.256 e. The summed E-state index contributed by atoms with van der Waals surface area (Å²) in [5, 5.41) is 14.6. The van der Waals surface area contributed by atoms with Gasteiger partial charge in [-0.3, -0.25) is 4.79 Å². The van der Waals surface area contributed by atoms with Crippen LogP contribution in [0.2, 0.25) is 0 Å². The quantitative estimate of drug-likeness (QED) is 0.483. The molecule has 8 heteroatoms. The fourth-order valence-electron chi connectivity index (χ4n) is 2.75. The van der Waals surface area contributed by atoms with Gasteiger partial charge < -0.3 is 5.32 Å². The first kappa shape index (κ1) is 18.8. The number of carbonyl (C=O) groups excluding carboxylic acids is 1.